The predicted octanol–water partition coefficient (Wildman–Crippen LogP) is 3.31. The number of likely N-dealkylation sites (N-methyl/N-ethyl adjacent to an activating group) is 1. The second-order valence-electron chi connectivity index (χ2n) is 4.86. The molecule has 2 N–H and O–H groups in total. The van der Waals surface area contributed by atoms with Crippen molar-refractivity contribution in [2.75, 3.05) is 24.6 Å². The summed E-state index contributed by atoms with van der Waals surface area (Å²) in [5.74, 6) is 2.45. The van der Waals surface area contributed by atoms with Gasteiger partial charge in [0.15, 0.2) is 0 Å². The van der Waals surface area contributed by atoms with Crippen molar-refractivity contribution in [3.8, 4) is 0 Å². The first-order valence-corrected chi connectivity index (χ1v) is 9.15. The highest BCUT2D eigenvalue weighted by molar-refractivity contribution is 8.19. The van der Waals surface area contributed by atoms with Crippen molar-refractivity contribution in [3.05, 3.63) is 35.4 Å². The number of nitrogens with one attached hydrogen (secondary N) is 2. The molecular formula is C15H23ClN2OS2. The van der Waals surface area contributed by atoms with Crippen LogP contribution in [0.4, 0.5) is 0 Å². The first kappa shape index (κ1) is 18.7. The van der Waals surface area contributed by atoms with Gasteiger partial charge < -0.3 is 10.6 Å². The van der Waals surface area contributed by atoms with Crippen LogP contribution in [0, 0.1) is 0 Å². The second kappa shape index (κ2) is 9.62. The topological polar surface area (TPSA) is 41.1 Å². The fourth-order valence-electron chi connectivity index (χ4n) is 2.11. The average Bonchev–Trinajstić information content (AvgIpc) is 2.99. The van der Waals surface area contributed by atoms with E-state index in [-0.39, 0.29) is 18.3 Å². The third-order valence-electron chi connectivity index (χ3n) is 3.19. The summed E-state index contributed by atoms with van der Waals surface area (Å²) in [4.78, 5) is 12.0. The molecule has 1 aromatic rings. The summed E-state index contributed by atoms with van der Waals surface area (Å²) in [5, 5.41) is 6.24. The summed E-state index contributed by atoms with van der Waals surface area (Å²) in [6.45, 7) is 5.71. The Morgan fingerprint density at radius 3 is 2.48 bits per heavy atom. The van der Waals surface area contributed by atoms with Crippen molar-refractivity contribution >= 4 is 41.8 Å². The number of carbonyl (C=O) groups is 1. The maximum absolute atomic E-state index is 12.0. The van der Waals surface area contributed by atoms with Gasteiger partial charge in [-0.2, -0.15) is 0 Å². The van der Waals surface area contributed by atoms with E-state index in [1.54, 1.807) is 0 Å². The van der Waals surface area contributed by atoms with E-state index in [2.05, 4.69) is 36.6 Å². The lowest BCUT2D eigenvalue weighted by Gasteiger charge is -2.13. The van der Waals surface area contributed by atoms with Crippen LogP contribution in [0.3, 0.4) is 0 Å². The van der Waals surface area contributed by atoms with E-state index >= 15 is 0 Å². The van der Waals surface area contributed by atoms with Crippen LogP contribution in [0.25, 0.3) is 0 Å². The van der Waals surface area contributed by atoms with Crippen molar-refractivity contribution in [2.24, 2.45) is 0 Å². The highest BCUT2D eigenvalue weighted by Crippen LogP contribution is 2.45. The fraction of sp³-hybridized carbons (Fsp3) is 0.533. The van der Waals surface area contributed by atoms with Crippen molar-refractivity contribution in [2.45, 2.75) is 24.5 Å². The molecule has 0 radical (unpaired) electrons. The molecule has 1 saturated heterocycles. The Morgan fingerprint density at radius 2 is 1.90 bits per heavy atom. The first-order valence-electron chi connectivity index (χ1n) is 7.05. The number of amides is 1. The summed E-state index contributed by atoms with van der Waals surface area (Å²) in [5.41, 5.74) is 2.06. The standard InChI is InChI=1S/C15H22N2OS2.ClH/c1-3-16-11(2)10-17-14(18)12-4-6-13(7-5-12)15-19-8-9-20-15;/h4-7,11,15-16H,3,8-10H2,1-2H3,(H,17,18);1H/t11-;/m1./s1. The minimum Gasteiger partial charge on any atom is -0.350 e. The Balaban J connectivity index is 0.00000220. The van der Waals surface area contributed by atoms with Crippen LogP contribution < -0.4 is 10.6 Å². The lowest BCUT2D eigenvalue weighted by Crippen LogP contribution is -2.38. The van der Waals surface area contributed by atoms with Gasteiger partial charge in [0.05, 0.1) is 4.58 Å². The van der Waals surface area contributed by atoms with Gasteiger partial charge in [0.1, 0.15) is 0 Å². The van der Waals surface area contributed by atoms with Crippen LogP contribution in [0.2, 0.25) is 0 Å². The third kappa shape index (κ3) is 5.74. The molecule has 118 valence electrons. The number of carbonyl (C=O) groups excluding carboxylic acids is 1. The molecule has 1 aromatic carbocycles. The number of rotatable bonds is 6. The second-order valence-corrected chi connectivity index (χ2v) is 7.59. The van der Waals surface area contributed by atoms with Gasteiger partial charge in [-0.15, -0.1) is 35.9 Å². The van der Waals surface area contributed by atoms with Crippen molar-refractivity contribution < 1.29 is 4.79 Å². The molecule has 0 aliphatic carbocycles. The number of halogens is 1. The van der Waals surface area contributed by atoms with E-state index in [1.165, 1.54) is 17.1 Å². The van der Waals surface area contributed by atoms with Gasteiger partial charge in [-0.1, -0.05) is 19.1 Å². The largest absolute Gasteiger partial charge is 0.350 e. The molecule has 1 aliphatic heterocycles. The molecule has 21 heavy (non-hydrogen) atoms. The molecule has 0 saturated carbocycles. The maximum Gasteiger partial charge on any atom is 0.251 e. The monoisotopic (exact) mass is 346 g/mol. The SMILES string of the molecule is CCN[C@H](C)CNC(=O)c1ccc(C2SCCS2)cc1.Cl. The summed E-state index contributed by atoms with van der Waals surface area (Å²) in [7, 11) is 0. The van der Waals surface area contributed by atoms with Gasteiger partial charge in [0.2, 0.25) is 0 Å². The normalized spacial score (nSPS) is 16.3. The minimum atomic E-state index is 0. The zero-order chi connectivity index (χ0) is 14.4. The molecule has 1 fully saturated rings. The Labute approximate surface area is 141 Å². The van der Waals surface area contributed by atoms with Crippen molar-refractivity contribution in [1.82, 2.24) is 10.6 Å². The van der Waals surface area contributed by atoms with E-state index in [9.17, 15) is 4.79 Å². The van der Waals surface area contributed by atoms with Gasteiger partial charge in [0.25, 0.3) is 5.91 Å². The summed E-state index contributed by atoms with van der Waals surface area (Å²) in [6.07, 6.45) is 0. The molecule has 1 aliphatic rings. The summed E-state index contributed by atoms with van der Waals surface area (Å²) >= 11 is 3.97. The maximum atomic E-state index is 12.0. The zero-order valence-corrected chi connectivity index (χ0v) is 14.9. The number of benzene rings is 1. The van der Waals surface area contributed by atoms with Crippen LogP contribution >= 0.6 is 35.9 Å². The third-order valence-corrected chi connectivity index (χ3v) is 6.29. The summed E-state index contributed by atoms with van der Waals surface area (Å²) in [6, 6.07) is 8.33. The van der Waals surface area contributed by atoms with Crippen molar-refractivity contribution in [3.63, 3.8) is 0 Å². The van der Waals surface area contributed by atoms with Gasteiger partial charge in [-0.3, -0.25) is 4.79 Å². The Hall–Kier alpha value is -0.360. The Morgan fingerprint density at radius 1 is 1.29 bits per heavy atom. The highest BCUT2D eigenvalue weighted by Gasteiger charge is 2.18. The van der Waals surface area contributed by atoms with E-state index in [1.807, 2.05) is 35.7 Å². The molecular weight excluding hydrogens is 324 g/mol. The van der Waals surface area contributed by atoms with Crippen LogP contribution in [-0.2, 0) is 0 Å². The van der Waals surface area contributed by atoms with Crippen LogP contribution in [0.5, 0.6) is 0 Å². The molecule has 0 spiro atoms. The molecule has 2 rings (SSSR count). The van der Waals surface area contributed by atoms with E-state index in [0.717, 1.165) is 12.1 Å². The first-order chi connectivity index (χ1) is 9.70. The predicted molar refractivity (Wildman–Crippen MR) is 96.8 cm³/mol. The van der Waals surface area contributed by atoms with E-state index in [4.69, 9.17) is 0 Å². The molecule has 1 amide bonds. The Kier molecular flexibility index (Phi) is 8.56. The van der Waals surface area contributed by atoms with Gasteiger partial charge in [0, 0.05) is 29.7 Å². The van der Waals surface area contributed by atoms with Gasteiger partial charge >= 0.3 is 0 Å². The lowest BCUT2D eigenvalue weighted by molar-refractivity contribution is 0.0950. The molecule has 3 nitrogen and oxygen atoms in total. The molecule has 1 heterocycles. The smallest absolute Gasteiger partial charge is 0.251 e. The quantitative estimate of drug-likeness (QED) is 0.829. The molecule has 0 aromatic heterocycles. The van der Waals surface area contributed by atoms with Crippen molar-refractivity contribution in [1.29, 1.82) is 0 Å². The van der Waals surface area contributed by atoms with Gasteiger partial charge in [-0.25, -0.2) is 0 Å². The lowest BCUT2D eigenvalue weighted by atomic mass is 10.1. The molecule has 6 heteroatoms. The minimum absolute atomic E-state index is 0. The van der Waals surface area contributed by atoms with E-state index < -0.39 is 0 Å². The van der Waals surface area contributed by atoms with Crippen LogP contribution in [0.15, 0.2) is 24.3 Å². The van der Waals surface area contributed by atoms with Crippen LogP contribution in [-0.4, -0.2) is 36.5 Å². The van der Waals surface area contributed by atoms with Gasteiger partial charge in [-0.05, 0) is 31.2 Å². The fourth-order valence-corrected chi connectivity index (χ4v) is 4.97. The average molecular weight is 347 g/mol. The highest BCUT2D eigenvalue weighted by atomic mass is 35.5. The molecule has 0 unspecified atom stereocenters. The molecule has 0 bridgehead atoms. The summed E-state index contributed by atoms with van der Waals surface area (Å²) < 4.78 is 0.542. The number of hydrogen-bond donors (Lipinski definition) is 2. The number of hydrogen-bond acceptors (Lipinski definition) is 4. The zero-order valence-electron chi connectivity index (χ0n) is 12.4. The van der Waals surface area contributed by atoms with Crippen LogP contribution in [0.1, 0.15) is 34.4 Å². The molecule has 1 atom stereocenters. The number of thioether (sulfide) groups is 2. The van der Waals surface area contributed by atoms with E-state index in [0.29, 0.717) is 17.2 Å². The Bertz CT molecular complexity index is 436.